The van der Waals surface area contributed by atoms with Crippen molar-refractivity contribution in [1.82, 2.24) is 0 Å². The van der Waals surface area contributed by atoms with Crippen LogP contribution in [0, 0.1) is 0 Å². The summed E-state index contributed by atoms with van der Waals surface area (Å²) in [6, 6.07) is 12.0. The summed E-state index contributed by atoms with van der Waals surface area (Å²) in [4.78, 5) is 0. The van der Waals surface area contributed by atoms with Gasteiger partial charge in [-0.15, -0.1) is 13.2 Å². The predicted octanol–water partition coefficient (Wildman–Crippen LogP) is 4.33. The van der Waals surface area contributed by atoms with E-state index in [0.29, 0.717) is 5.39 Å². The van der Waals surface area contributed by atoms with Gasteiger partial charge in [-0.1, -0.05) is 36.4 Å². The topological polar surface area (TPSA) is 9.23 Å². The molecule has 0 fully saturated rings. The Morgan fingerprint density at radius 2 is 1.47 bits per heavy atom. The zero-order valence-corrected chi connectivity index (χ0v) is 8.58. The van der Waals surface area contributed by atoms with Gasteiger partial charge in [0.2, 0.25) is 0 Å². The second-order valence-electron chi connectivity index (χ2n) is 3.80. The number of rotatable bonds is 1. The summed E-state index contributed by atoms with van der Waals surface area (Å²) in [5, 5.41) is 2.95. The lowest BCUT2D eigenvalue weighted by Crippen LogP contribution is -2.17. The molecular weight excluding hydrogens is 229 g/mol. The molecule has 0 unspecified atom stereocenters. The molecule has 4 aromatic rings. The fraction of sp³-hybridized carbons (Fsp3) is 0.0769. The monoisotopic (exact) mass is 236 g/mol. The molecule has 0 atom stereocenters. The quantitative estimate of drug-likeness (QED) is 0.611. The molecule has 0 aliphatic rings. The highest BCUT2D eigenvalue weighted by molar-refractivity contribution is 6.12. The van der Waals surface area contributed by atoms with Gasteiger partial charge in [-0.2, -0.15) is 0 Å². The van der Waals surface area contributed by atoms with E-state index in [-0.39, 0.29) is 5.75 Å². The second kappa shape index (κ2) is 3.26. The second-order valence-corrected chi connectivity index (χ2v) is 3.80. The van der Waals surface area contributed by atoms with Crippen molar-refractivity contribution in [1.29, 1.82) is 0 Å². The lowest BCUT2D eigenvalue weighted by atomic mass is 9.99. The van der Waals surface area contributed by atoms with E-state index in [1.165, 1.54) is 6.07 Å². The van der Waals surface area contributed by atoms with Crippen LogP contribution in [0.2, 0.25) is 0 Å². The van der Waals surface area contributed by atoms with E-state index in [2.05, 4.69) is 4.74 Å². The molecule has 0 aromatic heterocycles. The number of alkyl halides is 3. The van der Waals surface area contributed by atoms with Crippen LogP contribution in [-0.2, 0) is 0 Å². The van der Waals surface area contributed by atoms with Gasteiger partial charge in [-0.05, 0) is 22.2 Å². The van der Waals surface area contributed by atoms with Gasteiger partial charge in [-0.3, -0.25) is 0 Å². The van der Waals surface area contributed by atoms with Crippen LogP contribution in [0.1, 0.15) is 0 Å². The first-order chi connectivity index (χ1) is 8.04. The van der Waals surface area contributed by atoms with Crippen molar-refractivity contribution in [3.63, 3.8) is 0 Å². The summed E-state index contributed by atoms with van der Waals surface area (Å²) in [7, 11) is 0. The van der Waals surface area contributed by atoms with E-state index in [1.54, 1.807) is 24.3 Å². The summed E-state index contributed by atoms with van der Waals surface area (Å²) >= 11 is 0. The van der Waals surface area contributed by atoms with Crippen LogP contribution in [0.5, 0.6) is 5.75 Å². The third-order valence-electron chi connectivity index (χ3n) is 2.74. The van der Waals surface area contributed by atoms with E-state index >= 15 is 0 Å². The van der Waals surface area contributed by atoms with Crippen molar-refractivity contribution in [3.05, 3.63) is 42.5 Å². The molecule has 4 aromatic carbocycles. The maximum absolute atomic E-state index is 12.3. The van der Waals surface area contributed by atoms with Crippen LogP contribution in [0.3, 0.4) is 0 Å². The van der Waals surface area contributed by atoms with Crippen LogP contribution in [0.15, 0.2) is 42.5 Å². The van der Waals surface area contributed by atoms with Gasteiger partial charge >= 0.3 is 6.36 Å². The number of hydrogen-bond acceptors (Lipinski definition) is 1. The third kappa shape index (κ3) is 1.65. The van der Waals surface area contributed by atoms with Gasteiger partial charge in [0.25, 0.3) is 0 Å². The van der Waals surface area contributed by atoms with Gasteiger partial charge in [-0.25, -0.2) is 0 Å². The molecule has 0 radical (unpaired) electrons. The Hall–Kier alpha value is -1.97. The normalized spacial score (nSPS) is 12.4. The van der Waals surface area contributed by atoms with Gasteiger partial charge in [0.1, 0.15) is 5.75 Å². The first-order valence-corrected chi connectivity index (χ1v) is 5.04. The van der Waals surface area contributed by atoms with Crippen LogP contribution in [0.25, 0.3) is 21.5 Å². The molecule has 2 bridgehead atoms. The molecule has 0 amide bonds. The number of ether oxygens (including phenoxy) is 1. The maximum atomic E-state index is 12.3. The summed E-state index contributed by atoms with van der Waals surface area (Å²) in [6.07, 6.45) is -4.66. The lowest BCUT2D eigenvalue weighted by molar-refractivity contribution is -0.274. The Morgan fingerprint density at radius 3 is 2.12 bits per heavy atom. The van der Waals surface area contributed by atoms with Crippen molar-refractivity contribution in [2.24, 2.45) is 0 Å². The number of hydrogen-bond donors (Lipinski definition) is 0. The minimum absolute atomic E-state index is 0.142. The molecular formula is C13H7F3O. The highest BCUT2D eigenvalue weighted by atomic mass is 19.4. The smallest absolute Gasteiger partial charge is 0.405 e. The molecule has 0 heterocycles. The summed E-state index contributed by atoms with van der Waals surface area (Å²) in [5.41, 5.74) is 0. The Balaban J connectivity index is 2.31. The van der Waals surface area contributed by atoms with Crippen LogP contribution < -0.4 is 4.74 Å². The average Bonchev–Trinajstić information content (AvgIpc) is 2.29. The minimum Gasteiger partial charge on any atom is -0.405 e. The fourth-order valence-electron chi connectivity index (χ4n) is 2.10. The predicted molar refractivity (Wildman–Crippen MR) is 59.3 cm³/mol. The Bertz CT molecular complexity index is 652. The number of benzene rings is 4. The molecule has 0 aliphatic carbocycles. The van der Waals surface area contributed by atoms with Gasteiger partial charge in [0, 0.05) is 5.39 Å². The Morgan fingerprint density at radius 1 is 0.824 bits per heavy atom. The van der Waals surface area contributed by atoms with Gasteiger partial charge < -0.3 is 4.74 Å². The summed E-state index contributed by atoms with van der Waals surface area (Å²) in [6.45, 7) is 0. The zero-order chi connectivity index (χ0) is 12.0. The molecule has 17 heavy (non-hydrogen) atoms. The molecule has 0 aliphatic heterocycles. The van der Waals surface area contributed by atoms with Crippen molar-refractivity contribution in [3.8, 4) is 5.75 Å². The van der Waals surface area contributed by atoms with E-state index in [0.717, 1.165) is 16.2 Å². The van der Waals surface area contributed by atoms with Crippen molar-refractivity contribution in [2.75, 3.05) is 0 Å². The molecule has 0 saturated heterocycles. The summed E-state index contributed by atoms with van der Waals surface area (Å²) in [5.74, 6) is -0.142. The molecule has 0 saturated carbocycles. The molecule has 0 spiro atoms. The highest BCUT2D eigenvalue weighted by Gasteiger charge is 2.32. The largest absolute Gasteiger partial charge is 0.573 e. The first kappa shape index (κ1) is 10.2. The van der Waals surface area contributed by atoms with Crippen LogP contribution in [-0.4, -0.2) is 6.36 Å². The van der Waals surface area contributed by atoms with E-state index in [1.807, 2.05) is 12.1 Å². The van der Waals surface area contributed by atoms with Gasteiger partial charge in [0.05, 0.1) is 0 Å². The molecule has 86 valence electrons. The Kier molecular flexibility index (Phi) is 1.96. The van der Waals surface area contributed by atoms with Crippen molar-refractivity contribution < 1.29 is 17.9 Å². The maximum Gasteiger partial charge on any atom is 0.573 e. The SMILES string of the molecule is FC(F)(F)Oc1cccc2c3ccc(cc3)c12. The summed E-state index contributed by atoms with van der Waals surface area (Å²) < 4.78 is 40.9. The third-order valence-corrected chi connectivity index (χ3v) is 2.74. The van der Waals surface area contributed by atoms with Crippen molar-refractivity contribution >= 4 is 21.5 Å². The van der Waals surface area contributed by atoms with E-state index in [9.17, 15) is 13.2 Å². The minimum atomic E-state index is -4.66. The van der Waals surface area contributed by atoms with E-state index < -0.39 is 6.36 Å². The van der Waals surface area contributed by atoms with Crippen LogP contribution >= 0.6 is 0 Å². The Labute approximate surface area is 94.7 Å². The van der Waals surface area contributed by atoms with Crippen LogP contribution in [0.4, 0.5) is 13.2 Å². The fourth-order valence-corrected chi connectivity index (χ4v) is 2.10. The first-order valence-electron chi connectivity index (χ1n) is 5.04. The lowest BCUT2D eigenvalue weighted by Gasteiger charge is -2.14. The standard InChI is InChI=1S/C13H7F3O/c14-13(15,16)17-11-3-1-2-10-8-4-6-9(7-5-8)12(10)11/h1-7H. The van der Waals surface area contributed by atoms with E-state index in [4.69, 9.17) is 0 Å². The number of fused-ring (bicyclic) bond motifs is 2. The van der Waals surface area contributed by atoms with Crippen molar-refractivity contribution in [2.45, 2.75) is 6.36 Å². The highest BCUT2D eigenvalue weighted by Crippen LogP contribution is 2.36. The number of halogens is 3. The van der Waals surface area contributed by atoms with Gasteiger partial charge in [0.15, 0.2) is 0 Å². The molecule has 4 rings (SSSR count). The average molecular weight is 236 g/mol. The molecule has 0 N–H and O–H groups in total. The zero-order valence-electron chi connectivity index (χ0n) is 8.58. The molecule has 4 heteroatoms. The molecule has 1 nitrogen and oxygen atoms in total.